The topological polar surface area (TPSA) is 130 Å². The summed E-state index contributed by atoms with van der Waals surface area (Å²) in [6.45, 7) is 4.00. The van der Waals surface area contributed by atoms with Crippen molar-refractivity contribution in [1.82, 2.24) is 64.5 Å². The molecule has 0 aliphatic carbocycles. The van der Waals surface area contributed by atoms with E-state index < -0.39 is 19.7 Å². The molecule has 0 bridgehead atoms. The van der Waals surface area contributed by atoms with Crippen LogP contribution in [0.4, 0.5) is 34.0 Å². The van der Waals surface area contributed by atoms with Crippen LogP contribution in [0.5, 0.6) is 0 Å². The molecule has 15 aromatic rings. The monoisotopic (exact) mass is 1750 g/mol. The number of nitrogens with zero attached hydrogens (tertiary/aromatic N) is 13. The third-order valence-electron chi connectivity index (χ3n) is 14.9. The summed E-state index contributed by atoms with van der Waals surface area (Å²) in [6, 6.07) is 104. The summed E-state index contributed by atoms with van der Waals surface area (Å²) in [7, 11) is 1.61. The SMILES string of the molecule is C.CN1C=CN(C)[CH-]1.CN1C=CN(C)[CH-]1.F[P-](F)(F)(F)(F)F.Fc1cccc(-c2cccc(-c3[c-]cccc3)n2)n1.Fc1cccc(-c2cccc(-c3[c-]cccc3)n2)n1.[Cl][Ni].[Ni+2].[Ni+2].[Ni+2].[c-]1ccccc1-c1cccc(-c2ccccn2)n1.[c-]1ccccc1-c1cccc(-c2ccccn2)n1.c1ccc2c(c1)[n-]c1ccccc12. The molecule has 9 aromatic heterocycles. The summed E-state index contributed by atoms with van der Waals surface area (Å²) in [5, 5.41) is 2.50. The zero-order valence-corrected chi connectivity index (χ0v) is 65.9. The van der Waals surface area contributed by atoms with Crippen molar-refractivity contribution in [2.45, 2.75) is 7.43 Å². The maximum atomic E-state index is 13.1. The van der Waals surface area contributed by atoms with E-state index in [4.69, 9.17) is 0 Å². The van der Waals surface area contributed by atoms with E-state index in [1.54, 1.807) is 36.7 Å². The average Bonchev–Trinajstić information content (AvgIpc) is 1.24. The molecule has 0 N–H and O–H groups in total. The van der Waals surface area contributed by atoms with Gasteiger partial charge in [-0.2, -0.15) is 22.1 Å². The van der Waals surface area contributed by atoms with Crippen molar-refractivity contribution in [2.24, 2.45) is 0 Å². The van der Waals surface area contributed by atoms with Crippen LogP contribution in [0.3, 0.4) is 0 Å². The Balaban J connectivity index is 0.000000237. The Morgan fingerprint density at radius 1 is 0.307 bits per heavy atom. The predicted molar refractivity (Wildman–Crippen MR) is 426 cm³/mol. The molecule has 13 nitrogen and oxygen atoms in total. The fraction of sp³-hybridized carbons (Fsp3) is 0.0575. The van der Waals surface area contributed by atoms with Gasteiger partial charge >= 0.3 is 107 Å². The van der Waals surface area contributed by atoms with E-state index in [-0.39, 0.29) is 56.9 Å². The van der Waals surface area contributed by atoms with E-state index >= 15 is 0 Å². The number of hydrogen-bond acceptors (Lipinski definition) is 12. The van der Waals surface area contributed by atoms with Gasteiger partial charge in [0.25, 0.3) is 0 Å². The van der Waals surface area contributed by atoms with E-state index in [9.17, 15) is 34.0 Å². The number of pyridine rings is 8. The van der Waals surface area contributed by atoms with Gasteiger partial charge in [-0.25, -0.2) is 9.97 Å². The summed E-state index contributed by atoms with van der Waals surface area (Å²) < 4.78 is 85.5. The molecule has 114 heavy (non-hydrogen) atoms. The molecular weight excluding hydrogens is 1680 g/mol. The number of fused-ring (bicyclic) bond motifs is 3. The molecule has 0 amide bonds. The van der Waals surface area contributed by atoms with Crippen molar-refractivity contribution in [2.75, 3.05) is 28.2 Å². The molecule has 595 valence electrons. The Morgan fingerprint density at radius 3 is 0.772 bits per heavy atom. The van der Waals surface area contributed by atoms with E-state index in [2.05, 4.69) is 130 Å². The van der Waals surface area contributed by atoms with Gasteiger partial charge in [-0.15, -0.1) is 155 Å². The first-order valence-electron chi connectivity index (χ1n) is 33.4. The number of para-hydroxylation sites is 2. The molecule has 0 unspecified atom stereocenters. The maximum Gasteiger partial charge on any atom is 2.00 e. The van der Waals surface area contributed by atoms with Gasteiger partial charge in [0.1, 0.15) is 0 Å². The van der Waals surface area contributed by atoms with Crippen LogP contribution in [-0.2, 0) is 64.0 Å². The molecule has 2 aliphatic heterocycles. The van der Waals surface area contributed by atoms with Crippen LogP contribution in [0.1, 0.15) is 7.43 Å². The number of aromatic nitrogens is 9. The Labute approximate surface area is 701 Å². The second kappa shape index (κ2) is 45.7. The van der Waals surface area contributed by atoms with Crippen LogP contribution in [0.25, 0.3) is 112 Å². The van der Waals surface area contributed by atoms with Crippen LogP contribution in [0, 0.1) is 49.5 Å². The van der Waals surface area contributed by atoms with Gasteiger partial charge in [-0.05, 0) is 159 Å². The van der Waals surface area contributed by atoms with Crippen molar-refractivity contribution >= 4 is 39.8 Å². The first-order valence-corrected chi connectivity index (χ1v) is 36.8. The molecule has 11 heterocycles. The largest absolute Gasteiger partial charge is 2.00 e. The molecule has 17 rings (SSSR count). The van der Waals surface area contributed by atoms with Crippen molar-refractivity contribution in [3.8, 4) is 90.6 Å². The van der Waals surface area contributed by atoms with Crippen molar-refractivity contribution in [3.63, 3.8) is 0 Å². The number of hydrogen-bond donors (Lipinski definition) is 0. The van der Waals surface area contributed by atoms with Gasteiger partial charge in [-0.1, -0.05) is 129 Å². The van der Waals surface area contributed by atoms with Crippen LogP contribution in [-0.4, -0.2) is 87.7 Å². The quantitative estimate of drug-likeness (QED) is 0.0471. The minimum atomic E-state index is -10.7. The zero-order chi connectivity index (χ0) is 78.2. The normalized spacial score (nSPS) is 11.8. The van der Waals surface area contributed by atoms with Crippen LogP contribution >= 0.6 is 18.0 Å². The van der Waals surface area contributed by atoms with Crippen LogP contribution in [0.15, 0.2) is 328 Å². The Bertz CT molecular complexity index is 4930. The van der Waals surface area contributed by atoms with E-state index in [1.807, 2.05) is 304 Å². The Hall–Kier alpha value is -10.9. The number of halogens is 9. The average molecular weight is 1750 g/mol. The van der Waals surface area contributed by atoms with Gasteiger partial charge in [-0.3, -0.25) is 29.9 Å². The molecule has 6 aromatic carbocycles. The van der Waals surface area contributed by atoms with E-state index in [1.165, 1.54) is 22.9 Å². The van der Waals surface area contributed by atoms with Crippen LogP contribution in [0.2, 0.25) is 0 Å². The molecule has 0 saturated carbocycles. The first-order chi connectivity index (χ1) is 53.0. The molecular formula is C87H72ClF8N13Ni4P-2. The fourth-order valence-corrected chi connectivity index (χ4v) is 10.1. The molecule has 0 saturated heterocycles. The molecule has 0 spiro atoms. The third kappa shape index (κ3) is 32.3. The first kappa shape index (κ1) is 93.7. The standard InChI is InChI=1S/2C16H10FN2.2C16H11N2.C12H8N.2C5H9N2.CH4.ClH.F6P.4Ni/c2*17-16-11-5-10-15(19-16)14-9-4-8-13(18-14)12-6-2-1-3-7-12;2*1-2-7-13(8-3-1)14-10-6-11-16(18-14)15-9-4-5-12-17-15;1-3-7-11-9(5-1)10-6-2-4-8-12(10)13-11;2*1-6-3-4-7(2)5-6;;;1-7(2,3,4,5)6;;;;/h2*1-6,8-11H;2*1-7,9-12H;1-8H;2*3-5H,1-2H3;1H4;1H;;;;;/q7*-1;;;-1;+1;3*+2/p-1. The van der Waals surface area contributed by atoms with Crippen LogP contribution < -0.4 is 4.98 Å². The summed E-state index contributed by atoms with van der Waals surface area (Å²) in [6.07, 6.45) is 11.6. The fourth-order valence-electron chi connectivity index (χ4n) is 10.1. The van der Waals surface area contributed by atoms with E-state index in [0.717, 1.165) is 78.8 Å². The predicted octanol–water partition coefficient (Wildman–Crippen LogP) is 23.3. The minimum absolute atomic E-state index is 0. The molecule has 27 heteroatoms. The Kier molecular flexibility index (Phi) is 37.6. The molecule has 0 atom stereocenters. The van der Waals surface area contributed by atoms with Gasteiger partial charge in [0.2, 0.25) is 11.9 Å². The molecule has 0 fully saturated rings. The maximum absolute atomic E-state index is 13.1. The third-order valence-corrected chi connectivity index (χ3v) is 14.9. The summed E-state index contributed by atoms with van der Waals surface area (Å²) in [5.41, 5.74) is 15.3. The Morgan fingerprint density at radius 2 is 0.535 bits per heavy atom. The summed E-state index contributed by atoms with van der Waals surface area (Å²) >= 11 is 3.35. The molecule has 0 radical (unpaired) electrons. The van der Waals surface area contributed by atoms with Gasteiger partial charge in [0.05, 0.1) is 45.6 Å². The van der Waals surface area contributed by atoms with Gasteiger partial charge in [0.15, 0.2) is 0 Å². The minimum Gasteiger partial charge on any atom is -0.657 e. The van der Waals surface area contributed by atoms with Gasteiger partial charge < -0.3 is 24.6 Å². The van der Waals surface area contributed by atoms with Crippen molar-refractivity contribution in [3.05, 3.63) is 378 Å². The number of rotatable bonds is 8. The smallest absolute Gasteiger partial charge is 0.657 e. The summed E-state index contributed by atoms with van der Waals surface area (Å²) in [4.78, 5) is 47.0. The zero-order valence-electron chi connectivity index (χ0n) is 60.3. The second-order valence-electron chi connectivity index (χ2n) is 23.5. The number of benzene rings is 6. The van der Waals surface area contributed by atoms with Crippen molar-refractivity contribution in [1.29, 1.82) is 0 Å². The van der Waals surface area contributed by atoms with E-state index in [0.29, 0.717) is 22.8 Å². The second-order valence-corrected chi connectivity index (χ2v) is 25.4. The molecule has 2 aliphatic rings. The van der Waals surface area contributed by atoms with Crippen molar-refractivity contribution < 1.29 is 98.0 Å². The van der Waals surface area contributed by atoms with Gasteiger partial charge in [0, 0.05) is 12.4 Å². The summed E-state index contributed by atoms with van der Waals surface area (Å²) in [5.74, 6) is -1.01.